The van der Waals surface area contributed by atoms with E-state index in [0.29, 0.717) is 11.6 Å². The first-order valence-electron chi connectivity index (χ1n) is 6.42. The van der Waals surface area contributed by atoms with Crippen LogP contribution < -0.4 is 10.1 Å². The quantitative estimate of drug-likeness (QED) is 0.880. The number of methoxy groups -OCH3 is 1. The number of ether oxygens (including phenoxy) is 1. The van der Waals surface area contributed by atoms with Crippen LogP contribution in [0.1, 0.15) is 17.2 Å². The number of aryl methyl sites for hydroxylation is 1. The summed E-state index contributed by atoms with van der Waals surface area (Å²) < 4.78 is 5.22. The number of rotatable bonds is 5. The molecule has 1 unspecified atom stereocenters. The molecular weight excluding hydrogens is 274 g/mol. The summed E-state index contributed by atoms with van der Waals surface area (Å²) in [5, 5.41) is 14.0. The fourth-order valence-corrected chi connectivity index (χ4v) is 2.13. The largest absolute Gasteiger partial charge is 0.496 e. The van der Waals surface area contributed by atoms with Gasteiger partial charge in [-0.2, -0.15) is 0 Å². The molecule has 0 saturated heterocycles. The Morgan fingerprint density at radius 2 is 1.90 bits per heavy atom. The van der Waals surface area contributed by atoms with Gasteiger partial charge >= 0.3 is 0 Å². The Labute approximate surface area is 124 Å². The lowest BCUT2D eigenvalue weighted by Crippen LogP contribution is -2.12. The highest BCUT2D eigenvalue weighted by molar-refractivity contribution is 6.30. The second-order valence-electron chi connectivity index (χ2n) is 4.63. The predicted molar refractivity (Wildman–Crippen MR) is 82.6 cm³/mol. The molecule has 0 heterocycles. The average Bonchev–Trinajstić information content (AvgIpc) is 2.45. The molecule has 0 bridgehead atoms. The summed E-state index contributed by atoms with van der Waals surface area (Å²) in [6.45, 7) is 2.42. The van der Waals surface area contributed by atoms with Crippen LogP contribution in [0.25, 0.3) is 0 Å². The molecule has 0 radical (unpaired) electrons. The highest BCUT2D eigenvalue weighted by Gasteiger charge is 2.07. The van der Waals surface area contributed by atoms with Crippen LogP contribution in [0.2, 0.25) is 5.02 Å². The fraction of sp³-hybridized carbons (Fsp3) is 0.250. The van der Waals surface area contributed by atoms with Crippen molar-refractivity contribution >= 4 is 17.3 Å². The van der Waals surface area contributed by atoms with E-state index in [1.807, 2.05) is 37.3 Å². The highest BCUT2D eigenvalue weighted by atomic mass is 35.5. The Kier molecular flexibility index (Phi) is 4.88. The molecule has 2 aromatic carbocycles. The van der Waals surface area contributed by atoms with Gasteiger partial charge in [0.25, 0.3) is 0 Å². The second-order valence-corrected chi connectivity index (χ2v) is 5.07. The lowest BCUT2D eigenvalue weighted by Gasteiger charge is -2.14. The van der Waals surface area contributed by atoms with Crippen molar-refractivity contribution in [3.63, 3.8) is 0 Å². The fourth-order valence-electron chi connectivity index (χ4n) is 2.01. The molecule has 0 saturated carbocycles. The summed E-state index contributed by atoms with van der Waals surface area (Å²) >= 11 is 5.83. The van der Waals surface area contributed by atoms with Gasteiger partial charge in [0.1, 0.15) is 5.75 Å². The molecule has 2 N–H and O–H groups in total. The average molecular weight is 292 g/mol. The molecular formula is C16H18ClNO2. The van der Waals surface area contributed by atoms with Crippen molar-refractivity contribution in [2.24, 2.45) is 0 Å². The number of benzene rings is 2. The molecule has 106 valence electrons. The Balaban J connectivity index is 1.97. The third kappa shape index (κ3) is 3.65. The Morgan fingerprint density at radius 1 is 1.20 bits per heavy atom. The SMILES string of the molecule is COc1ccc(NCC(O)c2ccc(Cl)cc2)cc1C. The summed E-state index contributed by atoms with van der Waals surface area (Å²) in [5.41, 5.74) is 2.85. The van der Waals surface area contributed by atoms with Gasteiger partial charge < -0.3 is 15.2 Å². The molecule has 4 heteroatoms. The van der Waals surface area contributed by atoms with Gasteiger partial charge in [-0.15, -0.1) is 0 Å². The van der Waals surface area contributed by atoms with Gasteiger partial charge in [-0.25, -0.2) is 0 Å². The molecule has 0 aliphatic carbocycles. The van der Waals surface area contributed by atoms with Gasteiger partial charge in [0, 0.05) is 17.3 Å². The van der Waals surface area contributed by atoms with E-state index < -0.39 is 6.10 Å². The van der Waals surface area contributed by atoms with E-state index in [0.717, 1.165) is 22.6 Å². The maximum absolute atomic E-state index is 10.1. The van der Waals surface area contributed by atoms with E-state index in [1.165, 1.54) is 0 Å². The molecule has 0 aliphatic heterocycles. The van der Waals surface area contributed by atoms with Crippen molar-refractivity contribution in [1.82, 2.24) is 0 Å². The Morgan fingerprint density at radius 3 is 2.50 bits per heavy atom. The van der Waals surface area contributed by atoms with Gasteiger partial charge in [-0.05, 0) is 48.4 Å². The zero-order valence-corrected chi connectivity index (χ0v) is 12.3. The molecule has 0 aliphatic rings. The monoisotopic (exact) mass is 291 g/mol. The Bertz CT molecular complexity index is 569. The lowest BCUT2D eigenvalue weighted by atomic mass is 10.1. The molecule has 1 atom stereocenters. The van der Waals surface area contributed by atoms with E-state index >= 15 is 0 Å². The molecule has 0 spiro atoms. The third-order valence-corrected chi connectivity index (χ3v) is 3.40. The topological polar surface area (TPSA) is 41.5 Å². The minimum Gasteiger partial charge on any atom is -0.496 e. The van der Waals surface area contributed by atoms with Crippen LogP contribution in [0.3, 0.4) is 0 Å². The number of anilines is 1. The number of nitrogens with one attached hydrogen (secondary N) is 1. The van der Waals surface area contributed by atoms with E-state index in [4.69, 9.17) is 16.3 Å². The first-order chi connectivity index (χ1) is 9.60. The third-order valence-electron chi connectivity index (χ3n) is 3.15. The molecule has 20 heavy (non-hydrogen) atoms. The van der Waals surface area contributed by atoms with Crippen molar-refractivity contribution in [2.75, 3.05) is 19.0 Å². The first kappa shape index (κ1) is 14.7. The normalized spacial score (nSPS) is 12.0. The molecule has 0 aromatic heterocycles. The summed E-state index contributed by atoms with van der Waals surface area (Å²) in [6.07, 6.45) is -0.574. The number of halogens is 1. The van der Waals surface area contributed by atoms with Gasteiger partial charge in [0.05, 0.1) is 13.2 Å². The van der Waals surface area contributed by atoms with Crippen LogP contribution in [-0.2, 0) is 0 Å². The summed E-state index contributed by atoms with van der Waals surface area (Å²) in [4.78, 5) is 0. The van der Waals surface area contributed by atoms with Crippen LogP contribution in [0.4, 0.5) is 5.69 Å². The summed E-state index contributed by atoms with van der Waals surface area (Å²) in [6, 6.07) is 13.0. The van der Waals surface area contributed by atoms with Gasteiger partial charge in [-0.3, -0.25) is 0 Å². The van der Waals surface area contributed by atoms with Gasteiger partial charge in [0.2, 0.25) is 0 Å². The maximum atomic E-state index is 10.1. The van der Waals surface area contributed by atoms with E-state index in [1.54, 1.807) is 19.2 Å². The van der Waals surface area contributed by atoms with E-state index in [-0.39, 0.29) is 0 Å². The maximum Gasteiger partial charge on any atom is 0.121 e. The predicted octanol–water partition coefficient (Wildman–Crippen LogP) is 3.80. The van der Waals surface area contributed by atoms with Crippen LogP contribution in [0.15, 0.2) is 42.5 Å². The number of aliphatic hydroxyl groups is 1. The minimum atomic E-state index is -0.574. The molecule has 0 fully saturated rings. The smallest absolute Gasteiger partial charge is 0.121 e. The summed E-state index contributed by atoms with van der Waals surface area (Å²) in [7, 11) is 1.65. The van der Waals surface area contributed by atoms with Crippen molar-refractivity contribution in [3.05, 3.63) is 58.6 Å². The number of hydrogen-bond donors (Lipinski definition) is 2. The molecule has 3 nitrogen and oxygen atoms in total. The van der Waals surface area contributed by atoms with Gasteiger partial charge in [0.15, 0.2) is 0 Å². The van der Waals surface area contributed by atoms with Crippen molar-refractivity contribution in [3.8, 4) is 5.75 Å². The zero-order chi connectivity index (χ0) is 14.5. The van der Waals surface area contributed by atoms with Crippen LogP contribution in [0.5, 0.6) is 5.75 Å². The standard InChI is InChI=1S/C16H18ClNO2/c1-11-9-14(7-8-16(11)20-2)18-10-15(19)12-3-5-13(17)6-4-12/h3-9,15,18-19H,10H2,1-2H3. The zero-order valence-electron chi connectivity index (χ0n) is 11.6. The number of hydrogen-bond acceptors (Lipinski definition) is 3. The number of aliphatic hydroxyl groups excluding tert-OH is 1. The molecule has 0 amide bonds. The summed E-state index contributed by atoms with van der Waals surface area (Å²) in [5.74, 6) is 0.855. The van der Waals surface area contributed by atoms with E-state index in [2.05, 4.69) is 5.32 Å². The van der Waals surface area contributed by atoms with Crippen molar-refractivity contribution in [1.29, 1.82) is 0 Å². The van der Waals surface area contributed by atoms with Crippen LogP contribution in [-0.4, -0.2) is 18.8 Å². The first-order valence-corrected chi connectivity index (χ1v) is 6.80. The highest BCUT2D eigenvalue weighted by Crippen LogP contribution is 2.22. The van der Waals surface area contributed by atoms with Gasteiger partial charge in [-0.1, -0.05) is 23.7 Å². The second kappa shape index (κ2) is 6.64. The van der Waals surface area contributed by atoms with Crippen molar-refractivity contribution < 1.29 is 9.84 Å². The van der Waals surface area contributed by atoms with Crippen LogP contribution in [0, 0.1) is 6.92 Å². The van der Waals surface area contributed by atoms with E-state index in [9.17, 15) is 5.11 Å². The van der Waals surface area contributed by atoms with Crippen LogP contribution >= 0.6 is 11.6 Å². The molecule has 2 rings (SSSR count). The molecule has 2 aromatic rings. The Hall–Kier alpha value is -1.71. The minimum absolute atomic E-state index is 0.438. The lowest BCUT2D eigenvalue weighted by molar-refractivity contribution is 0.191. The van der Waals surface area contributed by atoms with Crippen molar-refractivity contribution in [2.45, 2.75) is 13.0 Å².